The number of esters is 4. The summed E-state index contributed by atoms with van der Waals surface area (Å²) >= 11 is 0. The summed E-state index contributed by atoms with van der Waals surface area (Å²) in [5.74, 6) is -1.41. The van der Waals surface area contributed by atoms with E-state index in [9.17, 15) is 43.2 Å². The van der Waals surface area contributed by atoms with Crippen molar-refractivity contribution < 1.29 is 80.2 Å². The Labute approximate surface area is 543 Å². The largest absolute Gasteiger partial charge is 0.472 e. The lowest BCUT2D eigenvalue weighted by atomic mass is 10.00. The van der Waals surface area contributed by atoms with Crippen LogP contribution in [0.15, 0.2) is 0 Å². The van der Waals surface area contributed by atoms with E-state index in [-0.39, 0.29) is 25.7 Å². The minimum Gasteiger partial charge on any atom is -0.462 e. The van der Waals surface area contributed by atoms with Crippen molar-refractivity contribution >= 4 is 39.5 Å². The Morgan fingerprint density at radius 3 is 0.798 bits per heavy atom. The standard InChI is InChI=1S/C70H136O17P2/c1-6-10-13-16-19-21-23-24-25-26-27-28-29-30-31-32-34-36-39-45-50-55-69(74)86-65(60-81-68(73)54-49-44-38-35-33-22-20-17-14-11-7-2)61-84-88(76,77)82-57-64(71)58-83-89(78,79)85-62-66(59-80-67(72)53-48-43-37-18-15-12-8-3)87-70(75)56-51-46-41-40-42-47-52-63(5)9-4/h63-66,71H,6-62H2,1-5H3,(H,76,77)(H,78,79)/t63?,64-,65-,66-/m1/s1. The van der Waals surface area contributed by atoms with Gasteiger partial charge >= 0.3 is 39.5 Å². The molecular formula is C70H136O17P2. The van der Waals surface area contributed by atoms with Crippen LogP contribution in [-0.2, 0) is 65.4 Å². The molecule has 89 heavy (non-hydrogen) atoms. The summed E-state index contributed by atoms with van der Waals surface area (Å²) in [5.41, 5.74) is 0. The Balaban J connectivity index is 5.13. The number of unbranched alkanes of at least 4 members (excludes halogenated alkanes) is 41. The Morgan fingerprint density at radius 1 is 0.315 bits per heavy atom. The van der Waals surface area contributed by atoms with Crippen molar-refractivity contribution in [3.63, 3.8) is 0 Å². The number of hydrogen-bond donors (Lipinski definition) is 3. The number of phosphoric acid groups is 2. The molecule has 3 N–H and O–H groups in total. The number of ether oxygens (including phenoxy) is 4. The highest BCUT2D eigenvalue weighted by Crippen LogP contribution is 2.45. The number of hydrogen-bond acceptors (Lipinski definition) is 15. The van der Waals surface area contributed by atoms with E-state index in [0.29, 0.717) is 25.7 Å². The van der Waals surface area contributed by atoms with Crippen molar-refractivity contribution in [2.45, 2.75) is 380 Å². The molecule has 0 bridgehead atoms. The Hall–Kier alpha value is -1.94. The van der Waals surface area contributed by atoms with E-state index in [1.807, 2.05) is 0 Å². The fourth-order valence-electron chi connectivity index (χ4n) is 10.6. The molecule has 0 amide bonds. The molecule has 0 aromatic carbocycles. The molecule has 0 aromatic heterocycles. The van der Waals surface area contributed by atoms with Crippen LogP contribution in [0.2, 0.25) is 0 Å². The third kappa shape index (κ3) is 63.2. The van der Waals surface area contributed by atoms with Crippen LogP contribution in [0.5, 0.6) is 0 Å². The maximum atomic E-state index is 13.0. The highest BCUT2D eigenvalue weighted by molar-refractivity contribution is 7.47. The summed E-state index contributed by atoms with van der Waals surface area (Å²) in [4.78, 5) is 72.3. The lowest BCUT2D eigenvalue weighted by molar-refractivity contribution is -0.161. The van der Waals surface area contributed by atoms with Crippen LogP contribution in [0, 0.1) is 5.92 Å². The maximum Gasteiger partial charge on any atom is 0.472 e. The SMILES string of the molecule is CCCCCCCCCCCCCCCCCCCCCCCC(=O)O[C@H](COC(=O)CCCCCCCCCCCCC)COP(=O)(O)OC[C@@H](O)COP(=O)(O)OC[C@@H](COC(=O)CCCCCCCCC)OC(=O)CCCCCCCCC(C)CC. The maximum absolute atomic E-state index is 13.0. The Morgan fingerprint density at radius 2 is 0.539 bits per heavy atom. The summed E-state index contributed by atoms with van der Waals surface area (Å²) in [6.07, 6.45) is 50.3. The van der Waals surface area contributed by atoms with Gasteiger partial charge in [0, 0.05) is 25.7 Å². The van der Waals surface area contributed by atoms with Crippen molar-refractivity contribution in [2.75, 3.05) is 39.6 Å². The monoisotopic (exact) mass is 1310 g/mol. The van der Waals surface area contributed by atoms with Crippen LogP contribution in [-0.4, -0.2) is 96.7 Å². The Bertz CT molecular complexity index is 1720. The number of rotatable bonds is 70. The first-order chi connectivity index (χ1) is 43.1. The van der Waals surface area contributed by atoms with Crippen molar-refractivity contribution in [1.82, 2.24) is 0 Å². The van der Waals surface area contributed by atoms with E-state index >= 15 is 0 Å². The topological polar surface area (TPSA) is 237 Å². The first-order valence-electron chi connectivity index (χ1n) is 36.7. The highest BCUT2D eigenvalue weighted by Gasteiger charge is 2.30. The van der Waals surface area contributed by atoms with Gasteiger partial charge in [0.05, 0.1) is 26.4 Å². The molecule has 528 valence electrons. The zero-order valence-electron chi connectivity index (χ0n) is 57.6. The molecule has 0 aliphatic carbocycles. The molecule has 0 aliphatic heterocycles. The molecule has 0 saturated carbocycles. The Kier molecular flexibility index (Phi) is 62.1. The number of carbonyl (C=O) groups excluding carboxylic acids is 4. The summed E-state index contributed by atoms with van der Waals surface area (Å²) in [6, 6.07) is 0. The van der Waals surface area contributed by atoms with Gasteiger partial charge in [-0.3, -0.25) is 37.3 Å². The lowest BCUT2D eigenvalue weighted by Crippen LogP contribution is -2.30. The first-order valence-corrected chi connectivity index (χ1v) is 39.7. The van der Waals surface area contributed by atoms with Crippen LogP contribution in [0.25, 0.3) is 0 Å². The van der Waals surface area contributed by atoms with Crippen molar-refractivity contribution in [3.8, 4) is 0 Å². The van der Waals surface area contributed by atoms with Crippen molar-refractivity contribution in [2.24, 2.45) is 5.92 Å². The van der Waals surface area contributed by atoms with E-state index in [4.69, 9.17) is 37.0 Å². The third-order valence-electron chi connectivity index (χ3n) is 16.6. The van der Waals surface area contributed by atoms with Crippen LogP contribution >= 0.6 is 15.6 Å². The highest BCUT2D eigenvalue weighted by atomic mass is 31.2. The molecule has 3 unspecified atom stereocenters. The van der Waals surface area contributed by atoms with Crippen molar-refractivity contribution in [1.29, 1.82) is 0 Å². The quantitative estimate of drug-likeness (QED) is 0.0222. The van der Waals surface area contributed by atoms with E-state index in [1.165, 1.54) is 173 Å². The third-order valence-corrected chi connectivity index (χ3v) is 18.5. The fraction of sp³-hybridized carbons (Fsp3) is 0.943. The normalized spacial score (nSPS) is 14.4. The molecule has 0 fully saturated rings. The predicted molar refractivity (Wildman–Crippen MR) is 358 cm³/mol. The van der Waals surface area contributed by atoms with E-state index in [1.54, 1.807) is 0 Å². The van der Waals surface area contributed by atoms with E-state index in [2.05, 4.69) is 34.6 Å². The number of aliphatic hydroxyl groups excluding tert-OH is 1. The summed E-state index contributed by atoms with van der Waals surface area (Å²) in [6.45, 7) is 7.14. The minimum atomic E-state index is -4.95. The molecule has 0 saturated heterocycles. The van der Waals surface area contributed by atoms with E-state index < -0.39 is 97.5 Å². The molecule has 0 heterocycles. The molecule has 0 rings (SSSR count). The second-order valence-corrected chi connectivity index (χ2v) is 28.4. The van der Waals surface area contributed by atoms with Crippen LogP contribution in [0.1, 0.15) is 362 Å². The molecule has 17 nitrogen and oxygen atoms in total. The summed E-state index contributed by atoms with van der Waals surface area (Å²) in [7, 11) is -9.89. The molecule has 19 heteroatoms. The van der Waals surface area contributed by atoms with Gasteiger partial charge in [-0.15, -0.1) is 0 Å². The first kappa shape index (κ1) is 87.1. The van der Waals surface area contributed by atoms with Gasteiger partial charge in [-0.1, -0.05) is 311 Å². The minimum absolute atomic E-state index is 0.103. The summed E-state index contributed by atoms with van der Waals surface area (Å²) in [5, 5.41) is 10.6. The molecule has 6 atom stereocenters. The van der Waals surface area contributed by atoms with Crippen molar-refractivity contribution in [3.05, 3.63) is 0 Å². The van der Waals surface area contributed by atoms with Crippen LogP contribution in [0.4, 0.5) is 0 Å². The molecule has 0 spiro atoms. The second-order valence-electron chi connectivity index (χ2n) is 25.5. The average Bonchev–Trinajstić information content (AvgIpc) is 3.57. The van der Waals surface area contributed by atoms with Gasteiger partial charge in [-0.2, -0.15) is 0 Å². The molecule has 0 radical (unpaired) electrons. The number of carbonyl (C=O) groups is 4. The zero-order valence-corrected chi connectivity index (χ0v) is 59.4. The summed E-state index contributed by atoms with van der Waals surface area (Å²) < 4.78 is 68.1. The van der Waals surface area contributed by atoms with E-state index in [0.717, 1.165) is 109 Å². The smallest absolute Gasteiger partial charge is 0.462 e. The van der Waals surface area contributed by atoms with Gasteiger partial charge in [0.25, 0.3) is 0 Å². The second kappa shape index (κ2) is 63.5. The fourth-order valence-corrected chi connectivity index (χ4v) is 12.2. The predicted octanol–water partition coefficient (Wildman–Crippen LogP) is 20.1. The molecular weight excluding hydrogens is 1170 g/mol. The van der Waals surface area contributed by atoms with Gasteiger partial charge in [0.2, 0.25) is 0 Å². The van der Waals surface area contributed by atoms with Gasteiger partial charge in [0.1, 0.15) is 19.3 Å². The molecule has 0 aliphatic rings. The van der Waals surface area contributed by atoms with Crippen LogP contribution in [0.3, 0.4) is 0 Å². The average molecular weight is 1310 g/mol. The lowest BCUT2D eigenvalue weighted by Gasteiger charge is -2.21. The zero-order chi connectivity index (χ0) is 65.6. The number of phosphoric ester groups is 2. The van der Waals surface area contributed by atoms with Gasteiger partial charge in [0.15, 0.2) is 12.2 Å². The molecule has 0 aromatic rings. The number of aliphatic hydroxyl groups is 1. The van der Waals surface area contributed by atoms with Gasteiger partial charge in [-0.25, -0.2) is 9.13 Å². The van der Waals surface area contributed by atoms with Gasteiger partial charge < -0.3 is 33.8 Å². The van der Waals surface area contributed by atoms with Crippen LogP contribution < -0.4 is 0 Å². The van der Waals surface area contributed by atoms with Gasteiger partial charge in [-0.05, 0) is 31.6 Å².